The first-order valence-corrected chi connectivity index (χ1v) is 6.06. The van der Waals surface area contributed by atoms with Gasteiger partial charge in [0.15, 0.2) is 0 Å². The molecule has 1 atom stereocenters. The molecule has 1 aromatic rings. The quantitative estimate of drug-likeness (QED) is 0.564. The van der Waals surface area contributed by atoms with E-state index in [9.17, 15) is 9.59 Å². The Morgan fingerprint density at radius 3 is 2.72 bits per heavy atom. The predicted octanol–water partition coefficient (Wildman–Crippen LogP) is 1.80. The van der Waals surface area contributed by atoms with E-state index in [1.165, 1.54) is 0 Å². The van der Waals surface area contributed by atoms with E-state index in [1.807, 2.05) is 18.2 Å². The Morgan fingerprint density at radius 1 is 1.39 bits per heavy atom. The van der Waals surface area contributed by atoms with E-state index in [2.05, 4.69) is 5.32 Å². The fourth-order valence-electron chi connectivity index (χ4n) is 1.70. The lowest BCUT2D eigenvalue weighted by Crippen LogP contribution is -2.38. The summed E-state index contributed by atoms with van der Waals surface area (Å²) in [6.07, 6.45) is 2.90. The molecule has 0 saturated carbocycles. The maximum absolute atomic E-state index is 11.9. The smallest absolute Gasteiger partial charge is 0.251 e. The number of rotatable bonds is 8. The van der Waals surface area contributed by atoms with Crippen LogP contribution in [0.15, 0.2) is 30.3 Å². The zero-order valence-electron chi connectivity index (χ0n) is 10.6. The van der Waals surface area contributed by atoms with Crippen molar-refractivity contribution in [3.8, 4) is 0 Å². The van der Waals surface area contributed by atoms with Crippen molar-refractivity contribution in [2.45, 2.75) is 25.3 Å². The number of hydrogen-bond acceptors (Lipinski definition) is 3. The van der Waals surface area contributed by atoms with Gasteiger partial charge in [0.1, 0.15) is 6.29 Å². The second kappa shape index (κ2) is 8.42. The van der Waals surface area contributed by atoms with Gasteiger partial charge in [-0.15, -0.1) is 0 Å². The van der Waals surface area contributed by atoms with Gasteiger partial charge in [-0.1, -0.05) is 18.2 Å². The largest absolute Gasteiger partial charge is 0.383 e. The lowest BCUT2D eigenvalue weighted by molar-refractivity contribution is -0.107. The van der Waals surface area contributed by atoms with Crippen molar-refractivity contribution in [1.82, 2.24) is 5.32 Å². The van der Waals surface area contributed by atoms with Crippen LogP contribution in [0.3, 0.4) is 0 Å². The molecule has 4 nitrogen and oxygen atoms in total. The summed E-state index contributed by atoms with van der Waals surface area (Å²) < 4.78 is 5.07. The van der Waals surface area contributed by atoms with Crippen molar-refractivity contribution in [2.24, 2.45) is 0 Å². The average Bonchev–Trinajstić information content (AvgIpc) is 2.40. The molecule has 0 aliphatic carbocycles. The molecule has 98 valence electrons. The summed E-state index contributed by atoms with van der Waals surface area (Å²) in [4.78, 5) is 22.2. The van der Waals surface area contributed by atoms with Gasteiger partial charge in [-0.05, 0) is 25.0 Å². The number of aldehydes is 1. The molecule has 0 aromatic heterocycles. The Morgan fingerprint density at radius 2 is 2.11 bits per heavy atom. The number of hydrogen-bond donors (Lipinski definition) is 1. The third-order valence-electron chi connectivity index (χ3n) is 2.61. The third kappa shape index (κ3) is 5.10. The highest BCUT2D eigenvalue weighted by atomic mass is 16.5. The van der Waals surface area contributed by atoms with Crippen molar-refractivity contribution in [2.75, 3.05) is 13.7 Å². The molecule has 1 aromatic carbocycles. The van der Waals surface area contributed by atoms with Crippen molar-refractivity contribution in [3.05, 3.63) is 35.9 Å². The average molecular weight is 249 g/mol. The third-order valence-corrected chi connectivity index (χ3v) is 2.61. The Labute approximate surface area is 107 Å². The normalized spacial score (nSPS) is 11.8. The molecule has 1 N–H and O–H groups in total. The molecule has 18 heavy (non-hydrogen) atoms. The van der Waals surface area contributed by atoms with E-state index >= 15 is 0 Å². The van der Waals surface area contributed by atoms with Crippen LogP contribution >= 0.6 is 0 Å². The van der Waals surface area contributed by atoms with Gasteiger partial charge in [0.05, 0.1) is 12.6 Å². The fraction of sp³-hybridized carbons (Fsp3) is 0.429. The first-order chi connectivity index (χ1) is 8.77. The molecule has 0 saturated heterocycles. The molecule has 0 aliphatic rings. The van der Waals surface area contributed by atoms with Crippen LogP contribution in [-0.2, 0) is 9.53 Å². The van der Waals surface area contributed by atoms with Gasteiger partial charge < -0.3 is 14.8 Å². The predicted molar refractivity (Wildman–Crippen MR) is 69.5 cm³/mol. The molecular weight excluding hydrogens is 230 g/mol. The molecule has 0 heterocycles. The molecule has 1 rings (SSSR count). The van der Waals surface area contributed by atoms with Crippen LogP contribution in [0.1, 0.15) is 29.6 Å². The SMILES string of the molecule is COCC(CCCC=O)NC(=O)c1ccccc1. The Bertz CT molecular complexity index is 365. The summed E-state index contributed by atoms with van der Waals surface area (Å²) in [6, 6.07) is 9.00. The van der Waals surface area contributed by atoms with E-state index in [4.69, 9.17) is 4.74 Å². The number of methoxy groups -OCH3 is 1. The van der Waals surface area contributed by atoms with E-state index in [0.717, 1.165) is 19.1 Å². The number of carbonyl (C=O) groups is 2. The van der Waals surface area contributed by atoms with E-state index in [0.29, 0.717) is 18.6 Å². The molecule has 0 radical (unpaired) electrons. The summed E-state index contributed by atoms with van der Waals surface area (Å²) >= 11 is 0. The standard InChI is InChI=1S/C14H19NO3/c1-18-11-13(9-5-6-10-16)15-14(17)12-7-3-2-4-8-12/h2-4,7-8,10,13H,5-6,9,11H2,1H3,(H,15,17). The van der Waals surface area contributed by atoms with E-state index in [-0.39, 0.29) is 11.9 Å². The highest BCUT2D eigenvalue weighted by Gasteiger charge is 2.12. The van der Waals surface area contributed by atoms with Crippen LogP contribution < -0.4 is 5.32 Å². The Hall–Kier alpha value is -1.68. The number of unbranched alkanes of at least 4 members (excludes halogenated alkanes) is 1. The summed E-state index contributed by atoms with van der Waals surface area (Å²) in [5, 5.41) is 2.91. The lowest BCUT2D eigenvalue weighted by Gasteiger charge is -2.17. The van der Waals surface area contributed by atoms with Gasteiger partial charge in [-0.3, -0.25) is 4.79 Å². The number of amides is 1. The number of carbonyl (C=O) groups excluding carboxylic acids is 2. The van der Waals surface area contributed by atoms with Gasteiger partial charge in [-0.25, -0.2) is 0 Å². The number of benzene rings is 1. The van der Waals surface area contributed by atoms with Crippen molar-refractivity contribution < 1.29 is 14.3 Å². The maximum Gasteiger partial charge on any atom is 0.251 e. The van der Waals surface area contributed by atoms with Crippen LogP contribution in [0.4, 0.5) is 0 Å². The van der Waals surface area contributed by atoms with Crippen LogP contribution in [0.5, 0.6) is 0 Å². The Balaban J connectivity index is 2.49. The lowest BCUT2D eigenvalue weighted by atomic mass is 10.1. The summed E-state index contributed by atoms with van der Waals surface area (Å²) in [5.74, 6) is -0.108. The molecule has 0 bridgehead atoms. The fourth-order valence-corrected chi connectivity index (χ4v) is 1.70. The zero-order valence-corrected chi connectivity index (χ0v) is 10.6. The second-order valence-electron chi connectivity index (χ2n) is 4.09. The van der Waals surface area contributed by atoms with Crippen molar-refractivity contribution in [1.29, 1.82) is 0 Å². The molecule has 1 amide bonds. The molecule has 4 heteroatoms. The first kappa shape index (κ1) is 14.4. The maximum atomic E-state index is 11.9. The molecule has 0 spiro atoms. The highest BCUT2D eigenvalue weighted by Crippen LogP contribution is 2.04. The van der Waals surface area contributed by atoms with Gasteiger partial charge in [-0.2, -0.15) is 0 Å². The summed E-state index contributed by atoms with van der Waals surface area (Å²) in [7, 11) is 1.60. The summed E-state index contributed by atoms with van der Waals surface area (Å²) in [5.41, 5.74) is 0.633. The van der Waals surface area contributed by atoms with E-state index < -0.39 is 0 Å². The van der Waals surface area contributed by atoms with E-state index in [1.54, 1.807) is 19.2 Å². The minimum Gasteiger partial charge on any atom is -0.383 e. The zero-order chi connectivity index (χ0) is 13.2. The van der Waals surface area contributed by atoms with Crippen molar-refractivity contribution >= 4 is 12.2 Å². The van der Waals surface area contributed by atoms with Crippen LogP contribution in [-0.4, -0.2) is 32.0 Å². The minimum atomic E-state index is -0.108. The first-order valence-electron chi connectivity index (χ1n) is 6.06. The second-order valence-corrected chi connectivity index (χ2v) is 4.09. The van der Waals surface area contributed by atoms with Gasteiger partial charge in [0.2, 0.25) is 0 Å². The monoisotopic (exact) mass is 249 g/mol. The topological polar surface area (TPSA) is 55.4 Å². The minimum absolute atomic E-state index is 0.0531. The van der Waals surface area contributed by atoms with Gasteiger partial charge in [0.25, 0.3) is 5.91 Å². The number of ether oxygens (including phenoxy) is 1. The molecule has 0 aliphatic heterocycles. The van der Waals surface area contributed by atoms with Crippen molar-refractivity contribution in [3.63, 3.8) is 0 Å². The van der Waals surface area contributed by atoms with Crippen LogP contribution in [0, 0.1) is 0 Å². The summed E-state index contributed by atoms with van der Waals surface area (Å²) in [6.45, 7) is 0.456. The molecule has 0 fully saturated rings. The van der Waals surface area contributed by atoms with Crippen LogP contribution in [0.2, 0.25) is 0 Å². The van der Waals surface area contributed by atoms with Gasteiger partial charge in [0, 0.05) is 19.1 Å². The Kier molecular flexibility index (Phi) is 6.72. The number of nitrogens with one attached hydrogen (secondary N) is 1. The molecule has 1 unspecified atom stereocenters. The van der Waals surface area contributed by atoms with Gasteiger partial charge >= 0.3 is 0 Å². The van der Waals surface area contributed by atoms with Crippen LogP contribution in [0.25, 0.3) is 0 Å². The highest BCUT2D eigenvalue weighted by molar-refractivity contribution is 5.94. The molecular formula is C14H19NO3.